The van der Waals surface area contributed by atoms with E-state index in [4.69, 9.17) is 35.4 Å². The molecule has 3 nitrogen and oxygen atoms in total. The van der Waals surface area contributed by atoms with Crippen LogP contribution in [0.2, 0.25) is 10.0 Å². The molecular formula is C11H9Cl2N3S. The Labute approximate surface area is 115 Å². The second-order valence-electron chi connectivity index (χ2n) is 3.49. The zero-order chi connectivity index (χ0) is 12.4. The molecule has 0 bridgehead atoms. The third-order valence-corrected chi connectivity index (χ3v) is 3.42. The predicted octanol–water partition coefficient (Wildman–Crippen LogP) is 4.23. The molecule has 0 saturated heterocycles. The molecular weight excluding hydrogens is 277 g/mol. The van der Waals surface area contributed by atoms with Crippen LogP contribution in [-0.2, 0) is 0 Å². The van der Waals surface area contributed by atoms with Gasteiger partial charge in [0.2, 0.25) is 5.11 Å². The zero-order valence-corrected chi connectivity index (χ0v) is 11.1. The smallest absolute Gasteiger partial charge is 0.218 e. The summed E-state index contributed by atoms with van der Waals surface area (Å²) in [4.78, 5) is 1.86. The van der Waals surface area contributed by atoms with Gasteiger partial charge in [-0.2, -0.15) is 5.11 Å². The summed E-state index contributed by atoms with van der Waals surface area (Å²) < 4.78 is 0. The highest BCUT2D eigenvalue weighted by Gasteiger charge is 2.27. The summed E-state index contributed by atoms with van der Waals surface area (Å²) in [6.45, 7) is 4.28. The van der Waals surface area contributed by atoms with E-state index in [0.29, 0.717) is 21.7 Å². The first-order valence-corrected chi connectivity index (χ1v) is 6.07. The van der Waals surface area contributed by atoms with Gasteiger partial charge >= 0.3 is 0 Å². The molecule has 1 aliphatic rings. The molecule has 0 spiro atoms. The van der Waals surface area contributed by atoms with Crippen LogP contribution in [0.3, 0.4) is 0 Å². The quantitative estimate of drug-likeness (QED) is 0.614. The number of halogens is 2. The average Bonchev–Trinajstić information content (AvgIpc) is 2.66. The molecule has 0 aliphatic carbocycles. The van der Waals surface area contributed by atoms with Gasteiger partial charge in [-0.15, -0.1) is 11.7 Å². The maximum Gasteiger partial charge on any atom is 0.218 e. The highest BCUT2D eigenvalue weighted by molar-refractivity contribution is 7.80. The van der Waals surface area contributed by atoms with Gasteiger partial charge in [0.25, 0.3) is 0 Å². The number of azo groups is 1. The molecule has 0 saturated carbocycles. The van der Waals surface area contributed by atoms with Crippen molar-refractivity contribution in [3.05, 3.63) is 46.5 Å². The van der Waals surface area contributed by atoms with E-state index in [1.807, 2.05) is 11.0 Å². The minimum Gasteiger partial charge on any atom is -0.315 e. The van der Waals surface area contributed by atoms with E-state index >= 15 is 0 Å². The van der Waals surface area contributed by atoms with Crippen LogP contribution in [-0.4, -0.2) is 16.6 Å². The maximum absolute atomic E-state index is 5.98. The zero-order valence-electron chi connectivity index (χ0n) is 8.81. The summed E-state index contributed by atoms with van der Waals surface area (Å²) in [7, 11) is 0. The maximum atomic E-state index is 5.98. The Morgan fingerprint density at radius 3 is 2.82 bits per heavy atom. The third-order valence-electron chi connectivity index (χ3n) is 2.36. The molecule has 1 aromatic carbocycles. The van der Waals surface area contributed by atoms with Crippen molar-refractivity contribution >= 4 is 40.5 Å². The molecule has 0 amide bonds. The Hall–Kier alpha value is -0.970. The Bertz CT molecular complexity index is 501. The molecule has 0 fully saturated rings. The summed E-state index contributed by atoms with van der Waals surface area (Å²) in [6.07, 6.45) is 1.52. The number of hydrogen-bond acceptors (Lipinski definition) is 2. The van der Waals surface area contributed by atoms with E-state index < -0.39 is 0 Å². The largest absolute Gasteiger partial charge is 0.315 e. The van der Waals surface area contributed by atoms with Crippen molar-refractivity contribution in [2.24, 2.45) is 10.2 Å². The molecule has 6 heteroatoms. The lowest BCUT2D eigenvalue weighted by molar-refractivity contribution is 0.380. The molecule has 1 aliphatic heterocycles. The summed E-state index contributed by atoms with van der Waals surface area (Å²) >= 11 is 16.9. The summed E-state index contributed by atoms with van der Waals surface area (Å²) in [5.74, 6) is 0. The van der Waals surface area contributed by atoms with Crippen molar-refractivity contribution in [3.8, 4) is 0 Å². The van der Waals surface area contributed by atoms with Crippen LogP contribution in [0.1, 0.15) is 11.7 Å². The number of rotatable bonds is 3. The first kappa shape index (κ1) is 12.5. The summed E-state index contributed by atoms with van der Waals surface area (Å²) in [6, 6.07) is 5.38. The van der Waals surface area contributed by atoms with Crippen LogP contribution in [0.4, 0.5) is 0 Å². The molecule has 88 valence electrons. The van der Waals surface area contributed by atoms with Crippen LogP contribution in [0.25, 0.3) is 0 Å². The molecule has 2 rings (SSSR count). The van der Waals surface area contributed by atoms with Crippen molar-refractivity contribution < 1.29 is 0 Å². The van der Waals surface area contributed by atoms with Crippen LogP contribution < -0.4 is 0 Å². The second-order valence-corrected chi connectivity index (χ2v) is 4.67. The summed E-state index contributed by atoms with van der Waals surface area (Å²) in [5, 5.41) is 9.49. The van der Waals surface area contributed by atoms with E-state index in [9.17, 15) is 0 Å². The molecule has 0 radical (unpaired) electrons. The molecule has 1 aromatic rings. The Balaban J connectivity index is 2.32. The van der Waals surface area contributed by atoms with Gasteiger partial charge in [0, 0.05) is 12.1 Å². The van der Waals surface area contributed by atoms with Crippen molar-refractivity contribution in [1.82, 2.24) is 4.90 Å². The van der Waals surface area contributed by atoms with Gasteiger partial charge in [-0.1, -0.05) is 35.3 Å². The highest BCUT2D eigenvalue weighted by atomic mass is 35.5. The van der Waals surface area contributed by atoms with Crippen LogP contribution >= 0.6 is 35.4 Å². The number of benzene rings is 1. The van der Waals surface area contributed by atoms with Gasteiger partial charge < -0.3 is 4.90 Å². The van der Waals surface area contributed by atoms with Crippen LogP contribution in [0.15, 0.2) is 41.1 Å². The molecule has 1 atom stereocenters. The predicted molar refractivity (Wildman–Crippen MR) is 73.6 cm³/mol. The normalized spacial score (nSPS) is 18.8. The van der Waals surface area contributed by atoms with Crippen molar-refractivity contribution in [2.45, 2.75) is 6.17 Å². The van der Waals surface area contributed by atoms with E-state index in [-0.39, 0.29) is 6.17 Å². The van der Waals surface area contributed by atoms with Gasteiger partial charge in [0.05, 0.1) is 10.0 Å². The van der Waals surface area contributed by atoms with E-state index in [1.165, 1.54) is 0 Å². The monoisotopic (exact) mass is 285 g/mol. The van der Waals surface area contributed by atoms with Gasteiger partial charge in [0.1, 0.15) is 0 Å². The topological polar surface area (TPSA) is 28.0 Å². The first-order valence-electron chi connectivity index (χ1n) is 4.91. The first-order chi connectivity index (χ1) is 8.13. The molecule has 0 N–H and O–H groups in total. The lowest BCUT2D eigenvalue weighted by Crippen LogP contribution is -2.27. The third kappa shape index (κ3) is 2.49. The summed E-state index contributed by atoms with van der Waals surface area (Å²) in [5.41, 5.74) is 0.907. The highest BCUT2D eigenvalue weighted by Crippen LogP contribution is 2.32. The van der Waals surface area contributed by atoms with Crippen molar-refractivity contribution in [1.29, 1.82) is 0 Å². The Morgan fingerprint density at radius 1 is 1.41 bits per heavy atom. The molecule has 1 unspecified atom stereocenters. The Kier molecular flexibility index (Phi) is 3.76. The van der Waals surface area contributed by atoms with Gasteiger partial charge in [-0.05, 0) is 24.4 Å². The van der Waals surface area contributed by atoms with Crippen molar-refractivity contribution in [2.75, 3.05) is 6.54 Å². The van der Waals surface area contributed by atoms with Crippen molar-refractivity contribution in [3.63, 3.8) is 0 Å². The fourth-order valence-corrected chi connectivity index (χ4v) is 2.09. The SMILES string of the molecule is C=CCN1C(=S)N=NC1c1ccc(Cl)c(Cl)c1. The number of thiocarbonyl (C=S) groups is 1. The van der Waals surface area contributed by atoms with Gasteiger partial charge in [0.15, 0.2) is 6.17 Å². The van der Waals surface area contributed by atoms with Gasteiger partial charge in [-0.25, -0.2) is 0 Å². The molecule has 17 heavy (non-hydrogen) atoms. The van der Waals surface area contributed by atoms with Gasteiger partial charge in [-0.3, -0.25) is 0 Å². The second kappa shape index (κ2) is 5.12. The van der Waals surface area contributed by atoms with E-state index in [2.05, 4.69) is 16.8 Å². The molecule has 0 aromatic heterocycles. The Morgan fingerprint density at radius 2 is 2.18 bits per heavy atom. The van der Waals surface area contributed by atoms with Crippen LogP contribution in [0.5, 0.6) is 0 Å². The minimum absolute atomic E-state index is 0.240. The van der Waals surface area contributed by atoms with E-state index in [0.717, 1.165) is 5.56 Å². The number of nitrogens with zero attached hydrogens (tertiary/aromatic N) is 3. The van der Waals surface area contributed by atoms with Crippen LogP contribution in [0, 0.1) is 0 Å². The fraction of sp³-hybridized carbons (Fsp3) is 0.182. The average molecular weight is 286 g/mol. The standard InChI is InChI=1S/C11H9Cl2N3S/c1-2-5-16-10(14-15-11(16)17)7-3-4-8(12)9(13)6-7/h2-4,6,10H,1,5H2. The van der Waals surface area contributed by atoms with E-state index in [1.54, 1.807) is 18.2 Å². The minimum atomic E-state index is -0.240. The lowest BCUT2D eigenvalue weighted by atomic mass is 10.1. The number of hydrogen-bond donors (Lipinski definition) is 0. The molecule has 1 heterocycles. The fourth-order valence-electron chi connectivity index (χ4n) is 1.57. The lowest BCUT2D eigenvalue weighted by Gasteiger charge is -2.21.